The van der Waals surface area contributed by atoms with Crippen molar-refractivity contribution >= 4 is 35.0 Å². The third-order valence-electron chi connectivity index (χ3n) is 4.71. The fourth-order valence-electron chi connectivity index (χ4n) is 3.31. The molecule has 1 aliphatic heterocycles. The highest BCUT2D eigenvalue weighted by atomic mass is 35.5. The normalized spacial score (nSPS) is 16.8. The van der Waals surface area contributed by atoms with E-state index in [2.05, 4.69) is 10.6 Å². The van der Waals surface area contributed by atoms with Crippen LogP contribution in [0.5, 0.6) is 0 Å². The molecule has 2 aromatic carbocycles. The second-order valence-corrected chi connectivity index (χ2v) is 6.57. The molecular weight excluding hydrogens is 350 g/mol. The Morgan fingerprint density at radius 1 is 1.15 bits per heavy atom. The van der Waals surface area contributed by atoms with Crippen LogP contribution in [0.15, 0.2) is 42.5 Å². The Morgan fingerprint density at radius 2 is 1.92 bits per heavy atom. The number of likely N-dealkylation sites (tertiary alicyclic amines) is 1. The molecule has 2 N–H and O–H groups in total. The summed E-state index contributed by atoms with van der Waals surface area (Å²) in [4.78, 5) is 26.6. The van der Waals surface area contributed by atoms with Crippen molar-refractivity contribution < 1.29 is 9.59 Å². The Labute approximate surface area is 160 Å². The molecule has 0 radical (unpaired) electrons. The molecule has 1 heterocycles. The van der Waals surface area contributed by atoms with Gasteiger partial charge in [0.05, 0.1) is 0 Å². The largest absolute Gasteiger partial charge is 0.348 e. The van der Waals surface area contributed by atoms with Crippen molar-refractivity contribution in [3.63, 3.8) is 0 Å². The number of amides is 2. The summed E-state index contributed by atoms with van der Waals surface area (Å²) in [5.74, 6) is 0.0827. The number of hydrogen-bond acceptors (Lipinski definition) is 3. The van der Waals surface area contributed by atoms with E-state index in [1.165, 1.54) is 0 Å². The maximum Gasteiger partial charge on any atom is 0.251 e. The van der Waals surface area contributed by atoms with Gasteiger partial charge in [-0.05, 0) is 42.8 Å². The molecule has 0 saturated carbocycles. The first kappa shape index (κ1) is 20.2. The summed E-state index contributed by atoms with van der Waals surface area (Å²) < 4.78 is 0. The van der Waals surface area contributed by atoms with Crippen LogP contribution in [-0.2, 0) is 4.79 Å². The summed E-state index contributed by atoms with van der Waals surface area (Å²) in [5.41, 5.74) is 0.664. The number of rotatable bonds is 5. The molecule has 2 amide bonds. The Balaban J connectivity index is 0.00000243. The van der Waals surface area contributed by atoms with E-state index in [4.69, 9.17) is 0 Å². The molecule has 26 heavy (non-hydrogen) atoms. The smallest absolute Gasteiger partial charge is 0.251 e. The number of piperidine rings is 1. The van der Waals surface area contributed by atoms with Crippen LogP contribution in [0.2, 0.25) is 0 Å². The predicted molar refractivity (Wildman–Crippen MR) is 107 cm³/mol. The molecule has 6 heteroatoms. The topological polar surface area (TPSA) is 61.4 Å². The lowest BCUT2D eigenvalue weighted by Crippen LogP contribution is -2.49. The summed E-state index contributed by atoms with van der Waals surface area (Å²) in [6.07, 6.45) is 2.34. The van der Waals surface area contributed by atoms with Crippen molar-refractivity contribution in [2.45, 2.75) is 25.3 Å². The van der Waals surface area contributed by atoms with Crippen molar-refractivity contribution in [2.24, 2.45) is 0 Å². The Hall–Kier alpha value is -2.11. The lowest BCUT2D eigenvalue weighted by Gasteiger charge is -2.33. The number of nitrogens with one attached hydrogen (secondary N) is 2. The monoisotopic (exact) mass is 375 g/mol. The van der Waals surface area contributed by atoms with Gasteiger partial charge in [-0.25, -0.2) is 0 Å². The van der Waals surface area contributed by atoms with Crippen LogP contribution in [0.1, 0.15) is 29.6 Å². The molecule has 5 nitrogen and oxygen atoms in total. The maximum atomic E-state index is 12.6. The van der Waals surface area contributed by atoms with Crippen LogP contribution in [0.3, 0.4) is 0 Å². The predicted octanol–water partition coefficient (Wildman–Crippen LogP) is 2.59. The average Bonchev–Trinajstić information content (AvgIpc) is 2.65. The van der Waals surface area contributed by atoms with E-state index >= 15 is 0 Å². The number of halogens is 1. The van der Waals surface area contributed by atoms with Crippen molar-refractivity contribution in [2.75, 3.05) is 26.7 Å². The zero-order valence-electron chi connectivity index (χ0n) is 15.0. The molecule has 0 spiro atoms. The molecule has 3 rings (SSSR count). The minimum atomic E-state index is -0.0692. The van der Waals surface area contributed by atoms with Crippen molar-refractivity contribution in [1.82, 2.24) is 15.5 Å². The molecule has 140 valence electrons. The van der Waals surface area contributed by atoms with Crippen molar-refractivity contribution in [3.8, 4) is 0 Å². The summed E-state index contributed by atoms with van der Waals surface area (Å²) in [5, 5.41) is 8.27. The van der Waals surface area contributed by atoms with Crippen molar-refractivity contribution in [1.29, 1.82) is 0 Å². The van der Waals surface area contributed by atoms with Crippen LogP contribution in [0.25, 0.3) is 10.8 Å². The molecule has 1 saturated heterocycles. The maximum absolute atomic E-state index is 12.6. The molecule has 1 unspecified atom stereocenters. The lowest BCUT2D eigenvalue weighted by molar-refractivity contribution is -0.132. The zero-order chi connectivity index (χ0) is 17.6. The highest BCUT2D eigenvalue weighted by Crippen LogP contribution is 2.17. The fourth-order valence-corrected chi connectivity index (χ4v) is 3.31. The number of carbonyl (C=O) groups is 2. The molecular formula is C20H26ClN3O2. The van der Waals surface area contributed by atoms with Crippen LogP contribution in [0, 0.1) is 0 Å². The third kappa shape index (κ3) is 4.96. The molecule has 2 aromatic rings. The number of carbonyl (C=O) groups excluding carboxylic acids is 2. The number of fused-ring (bicyclic) bond motifs is 1. The summed E-state index contributed by atoms with van der Waals surface area (Å²) >= 11 is 0. The first-order chi connectivity index (χ1) is 12.2. The van der Waals surface area contributed by atoms with Gasteiger partial charge < -0.3 is 15.5 Å². The first-order valence-electron chi connectivity index (χ1n) is 8.89. The number of hydrogen-bond donors (Lipinski definition) is 2. The van der Waals surface area contributed by atoms with E-state index in [1.54, 1.807) is 0 Å². The van der Waals surface area contributed by atoms with Gasteiger partial charge in [-0.1, -0.05) is 30.3 Å². The molecule has 0 aliphatic carbocycles. The van der Waals surface area contributed by atoms with Crippen LogP contribution in [0.4, 0.5) is 0 Å². The van der Waals surface area contributed by atoms with E-state index in [0.29, 0.717) is 25.1 Å². The highest BCUT2D eigenvalue weighted by molar-refractivity contribution is 5.98. The lowest BCUT2D eigenvalue weighted by atomic mass is 10.0. The van der Waals surface area contributed by atoms with Crippen LogP contribution < -0.4 is 10.6 Å². The summed E-state index contributed by atoms with van der Waals surface area (Å²) in [7, 11) is 1.84. The number of benzene rings is 2. The second kappa shape index (κ2) is 9.55. The average molecular weight is 376 g/mol. The van der Waals surface area contributed by atoms with Gasteiger partial charge in [-0.3, -0.25) is 9.59 Å². The van der Waals surface area contributed by atoms with E-state index in [1.807, 2.05) is 54.4 Å². The van der Waals surface area contributed by atoms with Crippen molar-refractivity contribution in [3.05, 3.63) is 48.0 Å². The Bertz CT molecular complexity index is 766. The fraction of sp³-hybridized carbons (Fsp3) is 0.400. The van der Waals surface area contributed by atoms with Gasteiger partial charge in [0.2, 0.25) is 5.91 Å². The van der Waals surface area contributed by atoms with Gasteiger partial charge in [0.25, 0.3) is 5.91 Å². The van der Waals surface area contributed by atoms with E-state index < -0.39 is 0 Å². The summed E-state index contributed by atoms with van der Waals surface area (Å²) in [6, 6.07) is 13.8. The second-order valence-electron chi connectivity index (χ2n) is 6.57. The van der Waals surface area contributed by atoms with Gasteiger partial charge in [0.1, 0.15) is 0 Å². The highest BCUT2D eigenvalue weighted by Gasteiger charge is 2.24. The van der Waals surface area contributed by atoms with Crippen LogP contribution >= 0.6 is 12.4 Å². The van der Waals surface area contributed by atoms with Gasteiger partial charge in [-0.15, -0.1) is 12.4 Å². The summed E-state index contributed by atoms with van der Waals surface area (Å²) in [6.45, 7) is 2.07. The molecule has 0 bridgehead atoms. The Kier molecular flexibility index (Phi) is 7.42. The minimum Gasteiger partial charge on any atom is -0.348 e. The van der Waals surface area contributed by atoms with Gasteiger partial charge in [-0.2, -0.15) is 0 Å². The van der Waals surface area contributed by atoms with Gasteiger partial charge in [0.15, 0.2) is 0 Å². The molecule has 1 fully saturated rings. The quantitative estimate of drug-likeness (QED) is 0.844. The SMILES string of the molecule is CNCCC(=O)N1CCCC(NC(=O)c2ccc3ccccc3c2)C1.Cl. The first-order valence-corrected chi connectivity index (χ1v) is 8.89. The van der Waals surface area contributed by atoms with E-state index in [0.717, 1.165) is 30.2 Å². The van der Waals surface area contributed by atoms with Crippen LogP contribution in [-0.4, -0.2) is 49.4 Å². The molecule has 1 aliphatic rings. The molecule has 1 atom stereocenters. The van der Waals surface area contributed by atoms with Gasteiger partial charge in [0, 0.05) is 37.7 Å². The third-order valence-corrected chi connectivity index (χ3v) is 4.71. The van der Waals surface area contributed by atoms with Gasteiger partial charge >= 0.3 is 0 Å². The van der Waals surface area contributed by atoms with E-state index in [9.17, 15) is 9.59 Å². The Morgan fingerprint density at radius 3 is 2.69 bits per heavy atom. The number of nitrogens with zero attached hydrogens (tertiary/aromatic N) is 1. The van der Waals surface area contributed by atoms with E-state index in [-0.39, 0.29) is 30.3 Å². The standard InChI is InChI=1S/C20H25N3O2.ClH/c1-21-11-10-19(24)23-12-4-7-18(14-23)22-20(25)17-9-8-15-5-2-3-6-16(15)13-17;/h2-3,5-6,8-9,13,18,21H,4,7,10-12,14H2,1H3,(H,22,25);1H. The minimum absolute atomic E-state index is 0. The zero-order valence-corrected chi connectivity index (χ0v) is 15.8. The molecule has 0 aromatic heterocycles.